The van der Waals surface area contributed by atoms with Crippen molar-refractivity contribution < 1.29 is 23.7 Å². The van der Waals surface area contributed by atoms with Crippen molar-refractivity contribution in [3.63, 3.8) is 0 Å². The number of anilines is 2. The average Bonchev–Trinajstić information content (AvgIpc) is 2.87. The molecule has 4 aromatic rings. The van der Waals surface area contributed by atoms with E-state index in [2.05, 4.69) is 9.97 Å². The van der Waals surface area contributed by atoms with E-state index < -0.39 is 0 Å². The highest BCUT2D eigenvalue weighted by Gasteiger charge is 2.05. The molecule has 2 aromatic heterocycles. The molecule has 4 rings (SSSR count). The molecule has 0 aliphatic heterocycles. The summed E-state index contributed by atoms with van der Waals surface area (Å²) in [4.78, 5) is 8.69. The monoisotopic (exact) mass is 478 g/mol. The van der Waals surface area contributed by atoms with E-state index in [0.29, 0.717) is 76.0 Å². The van der Waals surface area contributed by atoms with E-state index in [1.165, 1.54) is 0 Å². The fraction of sp³-hybridized carbons (Fsp3) is 0.308. The van der Waals surface area contributed by atoms with Gasteiger partial charge in [-0.15, -0.1) is 0 Å². The fourth-order valence-corrected chi connectivity index (χ4v) is 3.47. The van der Waals surface area contributed by atoms with Gasteiger partial charge in [0.25, 0.3) is 0 Å². The fourth-order valence-electron chi connectivity index (χ4n) is 3.47. The van der Waals surface area contributed by atoms with Crippen LogP contribution in [-0.2, 0) is 14.2 Å². The van der Waals surface area contributed by atoms with Crippen LogP contribution in [0.1, 0.15) is 0 Å². The number of hydrogen-bond acceptors (Lipinski definition) is 9. The van der Waals surface area contributed by atoms with Crippen molar-refractivity contribution in [3.8, 4) is 11.5 Å². The number of pyridine rings is 2. The van der Waals surface area contributed by atoms with Crippen LogP contribution in [0.5, 0.6) is 11.5 Å². The zero-order chi connectivity index (χ0) is 24.3. The largest absolute Gasteiger partial charge is 0.489 e. The Balaban J connectivity index is 1.02. The highest BCUT2D eigenvalue weighted by molar-refractivity contribution is 5.86. The number of nitrogens with two attached hydrogens (primary N) is 2. The van der Waals surface area contributed by atoms with Gasteiger partial charge in [-0.2, -0.15) is 0 Å². The Morgan fingerprint density at radius 3 is 1.31 bits per heavy atom. The van der Waals surface area contributed by atoms with E-state index in [0.717, 1.165) is 21.8 Å². The Bertz CT molecular complexity index is 1140. The smallest absolute Gasteiger partial charge is 0.145 e. The molecule has 0 aliphatic carbocycles. The van der Waals surface area contributed by atoms with Gasteiger partial charge in [-0.25, -0.2) is 9.97 Å². The minimum atomic E-state index is 0.414. The summed E-state index contributed by atoms with van der Waals surface area (Å²) in [5.41, 5.74) is 13.1. The Morgan fingerprint density at radius 2 is 0.886 bits per heavy atom. The summed E-state index contributed by atoms with van der Waals surface area (Å²) < 4.78 is 28.2. The standard InChI is InChI=1S/C26H30N4O5/c27-23-9-7-19-3-1-5-21(25(19)29-23)34-17-15-32-13-11-31-12-14-33-16-18-35-22-6-2-4-20-8-10-24(28)30-26(20)22/h1-10H,11-18H2,(H2,27,29)(H2,28,30). The number of aromatic nitrogens is 2. The zero-order valence-corrected chi connectivity index (χ0v) is 19.5. The van der Waals surface area contributed by atoms with Gasteiger partial charge in [0.05, 0.1) is 39.6 Å². The van der Waals surface area contributed by atoms with Crippen LogP contribution < -0.4 is 20.9 Å². The van der Waals surface area contributed by atoms with Gasteiger partial charge in [-0.05, 0) is 36.4 Å². The molecule has 0 amide bonds. The second-order valence-corrected chi connectivity index (χ2v) is 7.66. The van der Waals surface area contributed by atoms with Crippen LogP contribution >= 0.6 is 0 Å². The van der Waals surface area contributed by atoms with Crippen molar-refractivity contribution in [2.75, 3.05) is 64.3 Å². The molecule has 0 radical (unpaired) electrons. The van der Waals surface area contributed by atoms with Crippen LogP contribution in [0.2, 0.25) is 0 Å². The maximum Gasteiger partial charge on any atom is 0.145 e. The van der Waals surface area contributed by atoms with Crippen molar-refractivity contribution in [2.24, 2.45) is 0 Å². The van der Waals surface area contributed by atoms with E-state index in [1.807, 2.05) is 48.5 Å². The molecule has 0 unspecified atom stereocenters. The van der Waals surface area contributed by atoms with Gasteiger partial charge in [-0.3, -0.25) is 0 Å². The summed E-state index contributed by atoms with van der Waals surface area (Å²) >= 11 is 0. The summed E-state index contributed by atoms with van der Waals surface area (Å²) in [7, 11) is 0. The molecule has 9 heteroatoms. The number of fused-ring (bicyclic) bond motifs is 2. The molecule has 184 valence electrons. The maximum atomic E-state index is 5.79. The van der Waals surface area contributed by atoms with Gasteiger partial charge in [0, 0.05) is 10.8 Å². The molecule has 0 saturated heterocycles. The van der Waals surface area contributed by atoms with Crippen LogP contribution in [0.25, 0.3) is 21.8 Å². The Kier molecular flexibility index (Phi) is 8.88. The average molecular weight is 479 g/mol. The summed E-state index contributed by atoms with van der Waals surface area (Å²) in [5.74, 6) is 2.31. The molecule has 0 atom stereocenters. The van der Waals surface area contributed by atoms with Crippen LogP contribution in [0.4, 0.5) is 11.6 Å². The van der Waals surface area contributed by atoms with Gasteiger partial charge in [0.15, 0.2) is 0 Å². The quantitative estimate of drug-likeness (QED) is 0.262. The first-order valence-electron chi connectivity index (χ1n) is 11.5. The third kappa shape index (κ3) is 7.16. The predicted molar refractivity (Wildman–Crippen MR) is 136 cm³/mol. The van der Waals surface area contributed by atoms with Gasteiger partial charge >= 0.3 is 0 Å². The molecule has 35 heavy (non-hydrogen) atoms. The predicted octanol–water partition coefficient (Wildman–Crippen LogP) is 3.46. The first kappa shape index (κ1) is 24.5. The lowest BCUT2D eigenvalue weighted by atomic mass is 10.2. The van der Waals surface area contributed by atoms with E-state index in [9.17, 15) is 0 Å². The first-order chi connectivity index (χ1) is 17.2. The van der Waals surface area contributed by atoms with Crippen molar-refractivity contribution in [2.45, 2.75) is 0 Å². The van der Waals surface area contributed by atoms with Crippen molar-refractivity contribution in [1.29, 1.82) is 0 Å². The van der Waals surface area contributed by atoms with Gasteiger partial charge < -0.3 is 35.2 Å². The van der Waals surface area contributed by atoms with E-state index in [1.54, 1.807) is 12.1 Å². The molecule has 2 heterocycles. The second kappa shape index (κ2) is 12.7. The van der Waals surface area contributed by atoms with Crippen LogP contribution in [0.15, 0.2) is 60.7 Å². The van der Waals surface area contributed by atoms with Crippen molar-refractivity contribution in [1.82, 2.24) is 9.97 Å². The number of rotatable bonds is 14. The Morgan fingerprint density at radius 1 is 0.486 bits per heavy atom. The van der Waals surface area contributed by atoms with Crippen molar-refractivity contribution >= 4 is 33.4 Å². The second-order valence-electron chi connectivity index (χ2n) is 7.66. The zero-order valence-electron chi connectivity index (χ0n) is 19.5. The maximum absolute atomic E-state index is 5.79. The molecular formula is C26H30N4O5. The minimum Gasteiger partial charge on any atom is -0.489 e. The molecule has 0 bridgehead atoms. The van der Waals surface area contributed by atoms with Crippen LogP contribution in [0.3, 0.4) is 0 Å². The molecule has 0 saturated carbocycles. The highest BCUT2D eigenvalue weighted by atomic mass is 16.6. The molecule has 2 aromatic carbocycles. The highest BCUT2D eigenvalue weighted by Crippen LogP contribution is 2.25. The van der Waals surface area contributed by atoms with E-state index in [4.69, 9.17) is 35.2 Å². The SMILES string of the molecule is Nc1ccc2cccc(OCCOCCOCCOCCOc3cccc4ccc(N)nc34)c2n1. The number of nitrogen functional groups attached to an aromatic ring is 2. The Labute approximate surface area is 203 Å². The number of benzene rings is 2. The third-order valence-electron chi connectivity index (χ3n) is 5.12. The molecular weight excluding hydrogens is 448 g/mol. The van der Waals surface area contributed by atoms with E-state index >= 15 is 0 Å². The molecule has 0 aliphatic rings. The molecule has 0 fully saturated rings. The Hall–Kier alpha value is -3.66. The number of para-hydroxylation sites is 2. The van der Waals surface area contributed by atoms with E-state index in [-0.39, 0.29) is 0 Å². The van der Waals surface area contributed by atoms with Crippen LogP contribution in [0, 0.1) is 0 Å². The lowest BCUT2D eigenvalue weighted by Gasteiger charge is -2.10. The molecule has 9 nitrogen and oxygen atoms in total. The number of nitrogens with zero attached hydrogens (tertiary/aromatic N) is 2. The number of ether oxygens (including phenoxy) is 5. The summed E-state index contributed by atoms with van der Waals surface area (Å²) in [6.07, 6.45) is 0. The third-order valence-corrected chi connectivity index (χ3v) is 5.12. The summed E-state index contributed by atoms with van der Waals surface area (Å²) in [5, 5.41) is 1.96. The minimum absolute atomic E-state index is 0.414. The molecule has 4 N–H and O–H groups in total. The molecule has 0 spiro atoms. The van der Waals surface area contributed by atoms with Crippen molar-refractivity contribution in [3.05, 3.63) is 60.7 Å². The lowest BCUT2D eigenvalue weighted by Crippen LogP contribution is -2.14. The first-order valence-corrected chi connectivity index (χ1v) is 11.5. The topological polar surface area (TPSA) is 124 Å². The van der Waals surface area contributed by atoms with Gasteiger partial charge in [-0.1, -0.05) is 24.3 Å². The summed E-state index contributed by atoms with van der Waals surface area (Å²) in [6, 6.07) is 18.9. The number of hydrogen-bond donors (Lipinski definition) is 2. The van der Waals surface area contributed by atoms with Gasteiger partial charge in [0.1, 0.15) is 47.4 Å². The lowest BCUT2D eigenvalue weighted by molar-refractivity contribution is 0.00511. The normalized spacial score (nSPS) is 11.2. The van der Waals surface area contributed by atoms with Gasteiger partial charge in [0.2, 0.25) is 0 Å². The summed E-state index contributed by atoms with van der Waals surface area (Å²) in [6.45, 7) is 3.64. The van der Waals surface area contributed by atoms with Crippen LogP contribution in [-0.4, -0.2) is 62.8 Å².